The van der Waals surface area contributed by atoms with Crippen LogP contribution in [-0.4, -0.2) is 33.7 Å². The predicted molar refractivity (Wildman–Crippen MR) is 52.0 cm³/mol. The minimum Gasteiger partial charge on any atom is -0.395 e. The van der Waals surface area contributed by atoms with Crippen LogP contribution in [0, 0.1) is 0 Å². The number of nitrogens with zero attached hydrogens (tertiary/aromatic N) is 3. The molecular weight excluding hydrogens is 186 g/mol. The van der Waals surface area contributed by atoms with Crippen molar-refractivity contribution in [3.8, 4) is 0 Å². The lowest BCUT2D eigenvalue weighted by atomic mass is 9.92. The third kappa shape index (κ3) is 1.81. The van der Waals surface area contributed by atoms with Crippen molar-refractivity contribution < 1.29 is 5.11 Å². The molecule has 1 heterocycles. The van der Waals surface area contributed by atoms with E-state index >= 15 is 0 Å². The molecule has 1 N–H and O–H groups in total. The molecule has 1 fully saturated rings. The van der Waals surface area contributed by atoms with Crippen LogP contribution in [-0.2, 0) is 0 Å². The van der Waals surface area contributed by atoms with E-state index in [0.29, 0.717) is 12.6 Å². The van der Waals surface area contributed by atoms with Gasteiger partial charge in [0.15, 0.2) is 0 Å². The molecule has 0 spiro atoms. The molecule has 1 aromatic heterocycles. The van der Waals surface area contributed by atoms with Crippen LogP contribution >= 0.6 is 11.5 Å². The second-order valence-corrected chi connectivity index (χ2v) is 3.98. The molecule has 0 unspecified atom stereocenters. The normalized spacial score (nSPS) is 17.0. The van der Waals surface area contributed by atoms with E-state index in [4.69, 9.17) is 5.11 Å². The van der Waals surface area contributed by atoms with Crippen molar-refractivity contribution in [1.29, 1.82) is 0 Å². The van der Waals surface area contributed by atoms with Crippen LogP contribution in [0.3, 0.4) is 0 Å². The summed E-state index contributed by atoms with van der Waals surface area (Å²) in [5.41, 5.74) is 0. The molecule has 4 nitrogen and oxygen atoms in total. The Kier molecular flexibility index (Phi) is 2.75. The average Bonchev–Trinajstić information content (AvgIpc) is 2.51. The first-order valence-corrected chi connectivity index (χ1v) is 5.33. The SMILES string of the molecule is OCCN(c1ncns1)C1CCC1. The van der Waals surface area contributed by atoms with Crippen molar-refractivity contribution in [3.63, 3.8) is 0 Å². The Bertz CT molecular complexity index is 248. The molecule has 1 saturated carbocycles. The van der Waals surface area contributed by atoms with Crippen LogP contribution in [0.5, 0.6) is 0 Å². The van der Waals surface area contributed by atoms with Crippen LogP contribution in [0.4, 0.5) is 5.13 Å². The van der Waals surface area contributed by atoms with Crippen molar-refractivity contribution >= 4 is 16.7 Å². The molecule has 0 bridgehead atoms. The minimum absolute atomic E-state index is 0.191. The van der Waals surface area contributed by atoms with Gasteiger partial charge >= 0.3 is 0 Å². The molecule has 13 heavy (non-hydrogen) atoms. The van der Waals surface area contributed by atoms with Gasteiger partial charge in [0.05, 0.1) is 6.61 Å². The van der Waals surface area contributed by atoms with Gasteiger partial charge in [-0.25, -0.2) is 4.98 Å². The van der Waals surface area contributed by atoms with E-state index in [1.807, 2.05) is 0 Å². The summed E-state index contributed by atoms with van der Waals surface area (Å²) in [7, 11) is 0. The monoisotopic (exact) mass is 199 g/mol. The largest absolute Gasteiger partial charge is 0.395 e. The highest BCUT2D eigenvalue weighted by atomic mass is 32.1. The summed E-state index contributed by atoms with van der Waals surface area (Å²) in [5.74, 6) is 0. The molecular formula is C8H13N3OS. The maximum Gasteiger partial charge on any atom is 0.205 e. The summed E-state index contributed by atoms with van der Waals surface area (Å²) < 4.78 is 3.97. The van der Waals surface area contributed by atoms with Gasteiger partial charge in [0.2, 0.25) is 5.13 Å². The fraction of sp³-hybridized carbons (Fsp3) is 0.750. The quantitative estimate of drug-likeness (QED) is 0.782. The Morgan fingerprint density at radius 3 is 2.92 bits per heavy atom. The summed E-state index contributed by atoms with van der Waals surface area (Å²) in [5, 5.41) is 9.86. The van der Waals surface area contributed by atoms with Gasteiger partial charge in [-0.1, -0.05) is 0 Å². The molecule has 2 rings (SSSR count). The van der Waals surface area contributed by atoms with Gasteiger partial charge in [0.1, 0.15) is 6.33 Å². The number of anilines is 1. The Morgan fingerprint density at radius 1 is 1.62 bits per heavy atom. The van der Waals surface area contributed by atoms with E-state index in [-0.39, 0.29) is 6.61 Å². The van der Waals surface area contributed by atoms with Gasteiger partial charge in [-0.2, -0.15) is 4.37 Å². The van der Waals surface area contributed by atoms with Crippen molar-refractivity contribution in [2.24, 2.45) is 0 Å². The molecule has 1 aliphatic carbocycles. The fourth-order valence-electron chi connectivity index (χ4n) is 1.53. The third-order valence-corrected chi connectivity index (χ3v) is 3.15. The first kappa shape index (κ1) is 8.90. The molecule has 5 heteroatoms. The Hall–Kier alpha value is -0.680. The van der Waals surface area contributed by atoms with E-state index in [1.54, 1.807) is 6.33 Å². The standard InChI is InChI=1S/C8H13N3OS/c12-5-4-11(7-2-1-3-7)8-9-6-10-13-8/h6-7,12H,1-5H2. The lowest BCUT2D eigenvalue weighted by molar-refractivity contribution is 0.283. The smallest absolute Gasteiger partial charge is 0.205 e. The van der Waals surface area contributed by atoms with Gasteiger partial charge in [-0.3, -0.25) is 0 Å². The van der Waals surface area contributed by atoms with Crippen LogP contribution in [0.1, 0.15) is 19.3 Å². The van der Waals surface area contributed by atoms with E-state index in [2.05, 4.69) is 14.3 Å². The van der Waals surface area contributed by atoms with E-state index in [9.17, 15) is 0 Å². The van der Waals surface area contributed by atoms with Crippen molar-refractivity contribution in [2.45, 2.75) is 25.3 Å². The number of aromatic nitrogens is 2. The predicted octanol–water partition coefficient (Wildman–Crippen LogP) is 0.889. The first-order valence-electron chi connectivity index (χ1n) is 4.56. The summed E-state index contributed by atoms with van der Waals surface area (Å²) in [6, 6.07) is 0.583. The maximum atomic E-state index is 8.92. The minimum atomic E-state index is 0.191. The van der Waals surface area contributed by atoms with E-state index in [0.717, 1.165) is 5.13 Å². The van der Waals surface area contributed by atoms with Crippen molar-refractivity contribution in [3.05, 3.63) is 6.33 Å². The molecule has 0 aliphatic heterocycles. The number of aliphatic hydroxyl groups excluding tert-OH is 1. The highest BCUT2D eigenvalue weighted by Crippen LogP contribution is 2.29. The van der Waals surface area contributed by atoms with Crippen molar-refractivity contribution in [1.82, 2.24) is 9.36 Å². The van der Waals surface area contributed by atoms with Crippen LogP contribution < -0.4 is 4.90 Å². The summed E-state index contributed by atoms with van der Waals surface area (Å²) in [6.07, 6.45) is 5.31. The van der Waals surface area contributed by atoms with Gasteiger partial charge in [-0.15, -0.1) is 0 Å². The van der Waals surface area contributed by atoms with Gasteiger partial charge in [-0.05, 0) is 19.3 Å². The zero-order valence-electron chi connectivity index (χ0n) is 7.39. The molecule has 0 atom stereocenters. The van der Waals surface area contributed by atoms with E-state index < -0.39 is 0 Å². The van der Waals surface area contributed by atoms with E-state index in [1.165, 1.54) is 30.8 Å². The highest BCUT2D eigenvalue weighted by Gasteiger charge is 2.26. The molecule has 72 valence electrons. The van der Waals surface area contributed by atoms with Gasteiger partial charge < -0.3 is 10.0 Å². The van der Waals surface area contributed by atoms with Gasteiger partial charge in [0.25, 0.3) is 0 Å². The Morgan fingerprint density at radius 2 is 2.46 bits per heavy atom. The maximum absolute atomic E-state index is 8.92. The first-order chi connectivity index (χ1) is 6.42. The molecule has 1 aromatic rings. The summed E-state index contributed by atoms with van der Waals surface area (Å²) >= 11 is 1.40. The molecule has 1 aliphatic rings. The Labute approximate surface area is 81.4 Å². The number of hydrogen-bond donors (Lipinski definition) is 1. The lowest BCUT2D eigenvalue weighted by Crippen LogP contribution is -2.41. The zero-order valence-corrected chi connectivity index (χ0v) is 8.20. The average molecular weight is 199 g/mol. The molecule has 0 amide bonds. The lowest BCUT2D eigenvalue weighted by Gasteiger charge is -2.36. The summed E-state index contributed by atoms with van der Waals surface area (Å²) in [4.78, 5) is 6.33. The number of hydrogen-bond acceptors (Lipinski definition) is 5. The second-order valence-electron chi connectivity index (χ2n) is 3.23. The van der Waals surface area contributed by atoms with Crippen LogP contribution in [0.2, 0.25) is 0 Å². The van der Waals surface area contributed by atoms with Gasteiger partial charge in [0, 0.05) is 24.1 Å². The highest BCUT2D eigenvalue weighted by molar-refractivity contribution is 7.09. The number of aliphatic hydroxyl groups is 1. The third-order valence-electron chi connectivity index (χ3n) is 2.45. The molecule has 0 aromatic carbocycles. The summed E-state index contributed by atoms with van der Waals surface area (Å²) in [6.45, 7) is 0.871. The van der Waals surface area contributed by atoms with Crippen molar-refractivity contribution in [2.75, 3.05) is 18.1 Å². The topological polar surface area (TPSA) is 49.2 Å². The Balaban J connectivity index is 2.04. The zero-order chi connectivity index (χ0) is 9.10. The molecule has 0 radical (unpaired) electrons. The fourth-order valence-corrected chi connectivity index (χ4v) is 2.16. The molecule has 0 saturated heterocycles. The second kappa shape index (κ2) is 4.02. The number of rotatable bonds is 4. The van der Waals surface area contributed by atoms with Crippen LogP contribution in [0.25, 0.3) is 0 Å². The van der Waals surface area contributed by atoms with Crippen LogP contribution in [0.15, 0.2) is 6.33 Å².